The summed E-state index contributed by atoms with van der Waals surface area (Å²) in [6.07, 6.45) is 2.24. The molecule has 186 valence electrons. The van der Waals surface area contributed by atoms with Crippen molar-refractivity contribution >= 4 is 10.1 Å². The Kier molecular flexibility index (Phi) is 8.57. The summed E-state index contributed by atoms with van der Waals surface area (Å²) in [5.41, 5.74) is 1.34. The lowest BCUT2D eigenvalue weighted by Crippen LogP contribution is -2.39. The highest BCUT2D eigenvalue weighted by Crippen LogP contribution is 2.58. The molecule has 0 heterocycles. The third-order valence-electron chi connectivity index (χ3n) is 6.40. The predicted octanol–water partition coefficient (Wildman–Crippen LogP) is 7.14. The topological polar surface area (TPSA) is 83.8 Å². The van der Waals surface area contributed by atoms with Crippen LogP contribution >= 0.6 is 0 Å². The Morgan fingerprint density at radius 1 is 1.00 bits per heavy atom. The summed E-state index contributed by atoms with van der Waals surface area (Å²) < 4.78 is 41.3. The van der Waals surface area contributed by atoms with E-state index in [-0.39, 0.29) is 38.6 Å². The number of benzene rings is 1. The van der Waals surface area contributed by atoms with Crippen molar-refractivity contribution in [1.82, 2.24) is 0 Å². The molecule has 1 aromatic carbocycles. The van der Waals surface area contributed by atoms with Gasteiger partial charge in [0.05, 0.1) is 7.11 Å². The van der Waals surface area contributed by atoms with E-state index in [2.05, 4.69) is 62.3 Å². The smallest absolute Gasteiger partial charge is 0.298 e. The second kappa shape index (κ2) is 9.54. The SMILES string of the molecule is CCc1c(C)c(C(C(C)(C)CC(C)C)C(C)(C)CC(C)(C)C)c(S(=O)(=O)O)c(OC)c1O. The van der Waals surface area contributed by atoms with Crippen LogP contribution in [0.3, 0.4) is 0 Å². The van der Waals surface area contributed by atoms with Gasteiger partial charge in [-0.2, -0.15) is 8.42 Å². The highest BCUT2D eigenvalue weighted by Gasteiger charge is 2.47. The lowest BCUT2D eigenvalue weighted by atomic mass is 9.56. The van der Waals surface area contributed by atoms with E-state index in [9.17, 15) is 18.1 Å². The van der Waals surface area contributed by atoms with E-state index < -0.39 is 10.1 Å². The Morgan fingerprint density at radius 3 is 1.84 bits per heavy atom. The number of methoxy groups -OCH3 is 1. The van der Waals surface area contributed by atoms with Gasteiger partial charge < -0.3 is 9.84 Å². The molecule has 1 rings (SSSR count). The first kappa shape index (κ1) is 28.8. The van der Waals surface area contributed by atoms with Crippen molar-refractivity contribution in [2.24, 2.45) is 22.2 Å². The molecule has 0 aliphatic carbocycles. The number of aromatic hydroxyl groups is 1. The molecule has 1 atom stereocenters. The third-order valence-corrected chi connectivity index (χ3v) is 7.32. The van der Waals surface area contributed by atoms with Crippen LogP contribution in [0.2, 0.25) is 0 Å². The zero-order chi connectivity index (χ0) is 25.4. The Balaban J connectivity index is 4.28. The third kappa shape index (κ3) is 6.19. The van der Waals surface area contributed by atoms with Crippen LogP contribution < -0.4 is 4.74 Å². The van der Waals surface area contributed by atoms with Crippen LogP contribution in [0.4, 0.5) is 0 Å². The molecule has 1 unspecified atom stereocenters. The molecule has 5 nitrogen and oxygen atoms in total. The first-order chi connectivity index (χ1) is 14.2. The summed E-state index contributed by atoms with van der Waals surface area (Å²) in [5, 5.41) is 10.9. The van der Waals surface area contributed by atoms with Gasteiger partial charge in [0.1, 0.15) is 4.90 Å². The average molecular weight is 471 g/mol. The second-order valence-electron chi connectivity index (χ2n) is 12.3. The maximum atomic E-state index is 12.8. The number of rotatable bonds is 9. The summed E-state index contributed by atoms with van der Waals surface area (Å²) in [6.45, 7) is 23.4. The van der Waals surface area contributed by atoms with Crippen molar-refractivity contribution in [2.75, 3.05) is 7.11 Å². The molecule has 0 aromatic heterocycles. The van der Waals surface area contributed by atoms with Crippen LogP contribution in [0.1, 0.15) is 105 Å². The maximum Gasteiger partial charge on any atom is 0.298 e. The Bertz CT molecular complexity index is 919. The summed E-state index contributed by atoms with van der Waals surface area (Å²) in [7, 11) is -3.34. The number of ether oxygens (including phenoxy) is 1. The molecule has 0 aliphatic heterocycles. The van der Waals surface area contributed by atoms with Crippen molar-refractivity contribution in [3.05, 3.63) is 16.7 Å². The highest BCUT2D eigenvalue weighted by molar-refractivity contribution is 7.86. The maximum absolute atomic E-state index is 12.8. The molecule has 0 saturated carbocycles. The fourth-order valence-corrected chi connectivity index (χ4v) is 7.54. The molecule has 6 heteroatoms. The first-order valence-electron chi connectivity index (χ1n) is 11.6. The van der Waals surface area contributed by atoms with E-state index >= 15 is 0 Å². The number of phenolic OH excluding ortho intramolecular Hbond substituents is 1. The molecular formula is C26H46O5S. The predicted molar refractivity (Wildman–Crippen MR) is 132 cm³/mol. The Morgan fingerprint density at radius 2 is 1.50 bits per heavy atom. The van der Waals surface area contributed by atoms with Gasteiger partial charge in [0.2, 0.25) is 0 Å². The number of hydrogen-bond donors (Lipinski definition) is 2. The van der Waals surface area contributed by atoms with Crippen LogP contribution in [0.15, 0.2) is 4.90 Å². The van der Waals surface area contributed by atoms with Crippen molar-refractivity contribution in [2.45, 2.75) is 106 Å². The van der Waals surface area contributed by atoms with Crippen LogP contribution in [-0.2, 0) is 16.5 Å². The van der Waals surface area contributed by atoms with E-state index in [1.165, 1.54) is 7.11 Å². The minimum absolute atomic E-state index is 0.0103. The van der Waals surface area contributed by atoms with Gasteiger partial charge in [-0.05, 0) is 65.4 Å². The summed E-state index contributed by atoms with van der Waals surface area (Å²) >= 11 is 0. The lowest BCUT2D eigenvalue weighted by Gasteiger charge is -2.49. The van der Waals surface area contributed by atoms with E-state index in [0.717, 1.165) is 12.8 Å². The molecule has 1 aromatic rings. The fraction of sp³-hybridized carbons (Fsp3) is 0.769. The molecule has 0 amide bonds. The molecule has 32 heavy (non-hydrogen) atoms. The second-order valence-corrected chi connectivity index (χ2v) is 13.7. The highest BCUT2D eigenvalue weighted by atomic mass is 32.2. The fourth-order valence-electron chi connectivity index (χ4n) is 6.58. The molecule has 0 radical (unpaired) electrons. The van der Waals surface area contributed by atoms with Gasteiger partial charge in [-0.3, -0.25) is 4.55 Å². The molecule has 0 bridgehead atoms. The van der Waals surface area contributed by atoms with Crippen LogP contribution in [-0.4, -0.2) is 25.2 Å². The van der Waals surface area contributed by atoms with Crippen molar-refractivity contribution in [3.8, 4) is 11.5 Å². The molecule has 2 N–H and O–H groups in total. The Hall–Kier alpha value is -1.27. The van der Waals surface area contributed by atoms with Gasteiger partial charge >= 0.3 is 0 Å². The van der Waals surface area contributed by atoms with Crippen LogP contribution in [0, 0.1) is 29.1 Å². The van der Waals surface area contributed by atoms with E-state index in [4.69, 9.17) is 4.74 Å². The Labute approximate surface area is 196 Å². The summed E-state index contributed by atoms with van der Waals surface area (Å²) in [6, 6.07) is 0. The molecule has 0 aliphatic rings. The van der Waals surface area contributed by atoms with E-state index in [1.807, 2.05) is 13.8 Å². The average Bonchev–Trinajstić information content (AvgIpc) is 2.52. The van der Waals surface area contributed by atoms with Crippen LogP contribution in [0.5, 0.6) is 11.5 Å². The van der Waals surface area contributed by atoms with E-state index in [0.29, 0.717) is 29.0 Å². The largest absolute Gasteiger partial charge is 0.504 e. The summed E-state index contributed by atoms with van der Waals surface area (Å²) in [4.78, 5) is -0.295. The van der Waals surface area contributed by atoms with Gasteiger partial charge in [-0.1, -0.05) is 69.2 Å². The van der Waals surface area contributed by atoms with Crippen LogP contribution in [0.25, 0.3) is 0 Å². The number of hydrogen-bond acceptors (Lipinski definition) is 4. The zero-order valence-corrected chi connectivity index (χ0v) is 23.1. The standard InChI is InChI=1S/C26H46O5S/c1-13-18-17(4)19(22(32(28,29)30)21(31-12)20(18)27)23(25(8,9)14-16(2)3)26(10,11)15-24(5,6)7/h16,23,27H,13-15H2,1-12H3,(H,28,29,30). The van der Waals surface area contributed by atoms with Gasteiger partial charge in [0, 0.05) is 5.56 Å². The van der Waals surface area contributed by atoms with Gasteiger partial charge in [-0.15, -0.1) is 0 Å². The molecular weight excluding hydrogens is 424 g/mol. The van der Waals surface area contributed by atoms with Crippen molar-refractivity contribution < 1.29 is 22.8 Å². The lowest BCUT2D eigenvalue weighted by molar-refractivity contribution is 0.0764. The normalized spacial score (nSPS) is 14.7. The van der Waals surface area contributed by atoms with Crippen molar-refractivity contribution in [3.63, 3.8) is 0 Å². The number of phenols is 1. The minimum Gasteiger partial charge on any atom is -0.504 e. The van der Waals surface area contributed by atoms with Gasteiger partial charge in [-0.25, -0.2) is 0 Å². The van der Waals surface area contributed by atoms with Crippen molar-refractivity contribution in [1.29, 1.82) is 0 Å². The van der Waals surface area contributed by atoms with E-state index in [1.54, 1.807) is 0 Å². The van der Waals surface area contributed by atoms with Gasteiger partial charge in [0.25, 0.3) is 10.1 Å². The first-order valence-corrected chi connectivity index (χ1v) is 13.0. The van der Waals surface area contributed by atoms with Gasteiger partial charge in [0.15, 0.2) is 11.5 Å². The quantitative estimate of drug-likeness (QED) is 0.375. The molecule has 0 fully saturated rings. The minimum atomic E-state index is -4.67. The molecule has 0 saturated heterocycles. The molecule has 0 spiro atoms. The zero-order valence-electron chi connectivity index (χ0n) is 22.3. The monoisotopic (exact) mass is 470 g/mol. The summed E-state index contributed by atoms with van der Waals surface area (Å²) in [5.74, 6) is -0.190.